The second kappa shape index (κ2) is 5.84. The van der Waals surface area contributed by atoms with Gasteiger partial charge in [-0.1, -0.05) is 18.5 Å². The van der Waals surface area contributed by atoms with Crippen molar-refractivity contribution in [2.24, 2.45) is 0 Å². The summed E-state index contributed by atoms with van der Waals surface area (Å²) >= 11 is 5.85. The second-order valence-corrected chi connectivity index (χ2v) is 4.22. The van der Waals surface area contributed by atoms with Crippen LogP contribution < -0.4 is 4.74 Å². The van der Waals surface area contributed by atoms with Crippen LogP contribution in [0.4, 0.5) is 0 Å². The lowest BCUT2D eigenvalue weighted by atomic mass is 10.3. The minimum atomic E-state index is -0.146. The quantitative estimate of drug-likeness (QED) is 0.905. The molecule has 0 fully saturated rings. The summed E-state index contributed by atoms with van der Waals surface area (Å²) in [7, 11) is 0. The van der Waals surface area contributed by atoms with Crippen LogP contribution in [0.25, 0.3) is 0 Å². The van der Waals surface area contributed by atoms with Crippen molar-refractivity contribution in [2.45, 2.75) is 26.5 Å². The predicted octanol–water partition coefficient (Wildman–Crippen LogP) is 2.63. The van der Waals surface area contributed by atoms with E-state index < -0.39 is 0 Å². The summed E-state index contributed by atoms with van der Waals surface area (Å²) < 4.78 is 7.34. The maximum absolute atomic E-state index is 9.10. The molecule has 2 heterocycles. The smallest absolute Gasteiger partial charge is 0.219 e. The van der Waals surface area contributed by atoms with Gasteiger partial charge >= 0.3 is 0 Å². The highest BCUT2D eigenvalue weighted by Gasteiger charge is 2.06. The van der Waals surface area contributed by atoms with Crippen molar-refractivity contribution in [1.29, 1.82) is 0 Å². The molecule has 0 aliphatic heterocycles. The first-order valence-corrected chi connectivity index (χ1v) is 6.06. The Bertz CT molecular complexity index is 528. The molecule has 5 nitrogen and oxygen atoms in total. The van der Waals surface area contributed by atoms with Crippen LogP contribution in [0.2, 0.25) is 5.02 Å². The van der Waals surface area contributed by atoms with Gasteiger partial charge in [-0.25, -0.2) is 4.98 Å². The van der Waals surface area contributed by atoms with Gasteiger partial charge < -0.3 is 9.84 Å². The number of hydrogen-bond acceptors (Lipinski definition) is 4. The molecule has 18 heavy (non-hydrogen) atoms. The van der Waals surface area contributed by atoms with Gasteiger partial charge in [-0.3, -0.25) is 4.68 Å². The Morgan fingerprint density at radius 2 is 2.28 bits per heavy atom. The van der Waals surface area contributed by atoms with Crippen LogP contribution in [0.15, 0.2) is 24.7 Å². The number of ether oxygens (including phenoxy) is 1. The van der Waals surface area contributed by atoms with E-state index in [2.05, 4.69) is 17.0 Å². The van der Waals surface area contributed by atoms with Crippen LogP contribution in [0, 0.1) is 0 Å². The molecule has 0 bridgehead atoms. The maximum Gasteiger partial charge on any atom is 0.219 e. The molecule has 0 radical (unpaired) electrons. The Kier molecular flexibility index (Phi) is 4.17. The standard InChI is InChI=1S/C12H14ClN3O2/c1-2-3-16-7-10(5-15-16)18-12-4-9(8-17)11(13)6-14-12/h4-7,17H,2-3,8H2,1H3. The van der Waals surface area contributed by atoms with Crippen molar-refractivity contribution in [3.05, 3.63) is 35.2 Å². The van der Waals surface area contributed by atoms with Gasteiger partial charge in [0.1, 0.15) is 0 Å². The van der Waals surface area contributed by atoms with E-state index in [1.807, 2.05) is 0 Å². The Balaban J connectivity index is 2.12. The number of aliphatic hydroxyl groups is 1. The van der Waals surface area contributed by atoms with Gasteiger partial charge in [0.15, 0.2) is 5.75 Å². The first kappa shape index (κ1) is 12.9. The van der Waals surface area contributed by atoms with E-state index in [0.717, 1.165) is 13.0 Å². The fourth-order valence-electron chi connectivity index (χ4n) is 1.50. The van der Waals surface area contributed by atoms with Crippen LogP contribution in [0.5, 0.6) is 11.6 Å². The van der Waals surface area contributed by atoms with Crippen molar-refractivity contribution < 1.29 is 9.84 Å². The summed E-state index contributed by atoms with van der Waals surface area (Å²) in [4.78, 5) is 4.04. The summed E-state index contributed by atoms with van der Waals surface area (Å²) in [5.74, 6) is 1.00. The molecule has 0 saturated carbocycles. The third kappa shape index (κ3) is 3.00. The number of hydrogen-bond donors (Lipinski definition) is 1. The van der Waals surface area contributed by atoms with Crippen LogP contribution in [-0.4, -0.2) is 19.9 Å². The molecule has 0 saturated heterocycles. The topological polar surface area (TPSA) is 60.2 Å². The summed E-state index contributed by atoms with van der Waals surface area (Å²) in [5, 5.41) is 13.7. The first-order valence-electron chi connectivity index (χ1n) is 5.68. The molecule has 0 spiro atoms. The number of nitrogens with zero attached hydrogens (tertiary/aromatic N) is 3. The van der Waals surface area contributed by atoms with E-state index in [1.165, 1.54) is 6.20 Å². The van der Waals surface area contributed by atoms with Gasteiger partial charge in [0, 0.05) is 24.4 Å². The van der Waals surface area contributed by atoms with E-state index in [-0.39, 0.29) is 6.61 Å². The maximum atomic E-state index is 9.10. The van der Waals surface area contributed by atoms with Gasteiger partial charge in [0.05, 0.1) is 24.0 Å². The number of pyridine rings is 1. The fourth-order valence-corrected chi connectivity index (χ4v) is 1.67. The Morgan fingerprint density at radius 3 is 3.00 bits per heavy atom. The molecule has 2 aromatic rings. The Morgan fingerprint density at radius 1 is 1.44 bits per heavy atom. The molecule has 0 aliphatic carbocycles. The van der Waals surface area contributed by atoms with Crippen molar-refractivity contribution in [3.63, 3.8) is 0 Å². The highest BCUT2D eigenvalue weighted by atomic mass is 35.5. The lowest BCUT2D eigenvalue weighted by Gasteiger charge is -2.04. The molecule has 0 aliphatic rings. The third-order valence-corrected chi connectivity index (χ3v) is 2.70. The van der Waals surface area contributed by atoms with Gasteiger partial charge in [-0.15, -0.1) is 0 Å². The van der Waals surface area contributed by atoms with Gasteiger partial charge in [-0.05, 0) is 6.42 Å². The molecule has 0 aromatic carbocycles. The predicted molar refractivity (Wildman–Crippen MR) is 67.8 cm³/mol. The molecular weight excluding hydrogens is 254 g/mol. The average molecular weight is 268 g/mol. The lowest BCUT2D eigenvalue weighted by molar-refractivity contribution is 0.281. The molecule has 0 atom stereocenters. The van der Waals surface area contributed by atoms with Gasteiger partial charge in [-0.2, -0.15) is 5.10 Å². The van der Waals surface area contributed by atoms with Crippen molar-refractivity contribution in [1.82, 2.24) is 14.8 Å². The Hall–Kier alpha value is -1.59. The highest BCUT2D eigenvalue weighted by molar-refractivity contribution is 6.31. The molecule has 2 rings (SSSR count). The van der Waals surface area contributed by atoms with E-state index >= 15 is 0 Å². The zero-order valence-corrected chi connectivity index (χ0v) is 10.8. The van der Waals surface area contributed by atoms with Crippen LogP contribution in [0.3, 0.4) is 0 Å². The number of aryl methyl sites for hydroxylation is 1. The minimum Gasteiger partial charge on any atom is -0.436 e. The molecule has 1 N–H and O–H groups in total. The third-order valence-electron chi connectivity index (χ3n) is 2.36. The lowest BCUT2D eigenvalue weighted by Crippen LogP contribution is -1.95. The highest BCUT2D eigenvalue weighted by Crippen LogP contribution is 2.23. The minimum absolute atomic E-state index is 0.146. The monoisotopic (exact) mass is 267 g/mol. The normalized spacial score (nSPS) is 10.6. The number of aromatic nitrogens is 3. The Labute approximate surface area is 110 Å². The number of rotatable bonds is 5. The average Bonchev–Trinajstić information content (AvgIpc) is 2.80. The summed E-state index contributed by atoms with van der Waals surface area (Å²) in [6.45, 7) is 2.78. The molecule has 6 heteroatoms. The summed E-state index contributed by atoms with van der Waals surface area (Å²) in [6, 6.07) is 1.61. The number of halogens is 1. The summed E-state index contributed by atoms with van der Waals surface area (Å²) in [5.41, 5.74) is 0.586. The molecule has 0 amide bonds. The van der Waals surface area contributed by atoms with Crippen molar-refractivity contribution in [2.75, 3.05) is 0 Å². The van der Waals surface area contributed by atoms with Crippen LogP contribution in [0.1, 0.15) is 18.9 Å². The van der Waals surface area contributed by atoms with E-state index in [9.17, 15) is 0 Å². The van der Waals surface area contributed by atoms with E-state index in [0.29, 0.717) is 22.2 Å². The zero-order valence-electron chi connectivity index (χ0n) is 10.0. The van der Waals surface area contributed by atoms with E-state index in [1.54, 1.807) is 23.1 Å². The molecule has 0 unspecified atom stereocenters. The van der Waals surface area contributed by atoms with Crippen molar-refractivity contribution >= 4 is 11.6 Å². The second-order valence-electron chi connectivity index (χ2n) is 3.81. The molecular formula is C12H14ClN3O2. The fraction of sp³-hybridized carbons (Fsp3) is 0.333. The first-order chi connectivity index (χ1) is 8.72. The van der Waals surface area contributed by atoms with E-state index in [4.69, 9.17) is 21.4 Å². The SMILES string of the molecule is CCCn1cc(Oc2cc(CO)c(Cl)cn2)cn1. The summed E-state index contributed by atoms with van der Waals surface area (Å²) in [6.07, 6.45) is 5.90. The molecule has 2 aromatic heterocycles. The number of aliphatic hydroxyl groups excluding tert-OH is 1. The van der Waals surface area contributed by atoms with Crippen LogP contribution in [-0.2, 0) is 13.2 Å². The van der Waals surface area contributed by atoms with Crippen LogP contribution >= 0.6 is 11.6 Å². The van der Waals surface area contributed by atoms with Crippen molar-refractivity contribution in [3.8, 4) is 11.6 Å². The van der Waals surface area contributed by atoms with Gasteiger partial charge in [0.25, 0.3) is 0 Å². The zero-order chi connectivity index (χ0) is 13.0. The largest absolute Gasteiger partial charge is 0.436 e. The molecule has 96 valence electrons. The van der Waals surface area contributed by atoms with Gasteiger partial charge in [0.2, 0.25) is 5.88 Å².